The van der Waals surface area contributed by atoms with Gasteiger partial charge in [0, 0.05) is 7.05 Å². The van der Waals surface area contributed by atoms with Crippen LogP contribution in [0, 0.1) is 5.82 Å². The molecule has 0 bridgehead atoms. The number of hydrogen-bond acceptors (Lipinski definition) is 4. The molecular formula is C15H19FN2O4. The van der Waals surface area contributed by atoms with E-state index in [-0.39, 0.29) is 18.0 Å². The summed E-state index contributed by atoms with van der Waals surface area (Å²) >= 11 is 0. The highest BCUT2D eigenvalue weighted by molar-refractivity contribution is 6.00. The average molecular weight is 310 g/mol. The van der Waals surface area contributed by atoms with Crippen molar-refractivity contribution in [1.29, 1.82) is 0 Å². The fourth-order valence-corrected chi connectivity index (χ4v) is 2.08. The van der Waals surface area contributed by atoms with Crippen molar-refractivity contribution in [1.82, 2.24) is 5.32 Å². The minimum Gasteiger partial charge on any atom is -0.489 e. The van der Waals surface area contributed by atoms with Crippen molar-refractivity contribution < 1.29 is 23.5 Å². The molecule has 0 spiro atoms. The van der Waals surface area contributed by atoms with E-state index < -0.39 is 29.5 Å². The van der Waals surface area contributed by atoms with Crippen LogP contribution in [0.1, 0.15) is 20.8 Å². The van der Waals surface area contributed by atoms with Gasteiger partial charge in [-0.15, -0.1) is 0 Å². The van der Waals surface area contributed by atoms with Crippen LogP contribution >= 0.6 is 0 Å². The number of nitrogens with zero attached hydrogens (tertiary/aromatic N) is 1. The molecular weight excluding hydrogens is 291 g/mol. The molecule has 0 fully saturated rings. The second-order valence-corrected chi connectivity index (χ2v) is 5.99. The SMILES string of the molecule is CN1C(=O)[C@@H](NC(=O)OC(C)(C)C)COc2cccc(F)c21. The number of carbonyl (C=O) groups excluding carboxylic acids is 2. The summed E-state index contributed by atoms with van der Waals surface area (Å²) in [6.07, 6.45) is -0.728. The summed E-state index contributed by atoms with van der Waals surface area (Å²) in [5, 5.41) is 2.45. The Morgan fingerprint density at radius 2 is 2.14 bits per heavy atom. The van der Waals surface area contributed by atoms with Crippen molar-refractivity contribution in [2.24, 2.45) is 0 Å². The molecule has 2 amide bonds. The average Bonchev–Trinajstić information content (AvgIpc) is 2.50. The monoisotopic (exact) mass is 310 g/mol. The van der Waals surface area contributed by atoms with Gasteiger partial charge in [-0.05, 0) is 32.9 Å². The normalized spacial score (nSPS) is 18.1. The molecule has 0 saturated heterocycles. The van der Waals surface area contributed by atoms with Crippen LogP contribution in [0.5, 0.6) is 5.75 Å². The Kier molecular flexibility index (Phi) is 4.25. The van der Waals surface area contributed by atoms with Gasteiger partial charge in [0.05, 0.1) is 0 Å². The Balaban J connectivity index is 2.17. The summed E-state index contributed by atoms with van der Waals surface area (Å²) < 4.78 is 24.5. The molecule has 0 aromatic heterocycles. The third kappa shape index (κ3) is 3.47. The third-order valence-electron chi connectivity index (χ3n) is 3.01. The van der Waals surface area contributed by atoms with Gasteiger partial charge >= 0.3 is 6.09 Å². The van der Waals surface area contributed by atoms with Gasteiger partial charge in [0.1, 0.15) is 29.7 Å². The first kappa shape index (κ1) is 16.1. The number of ether oxygens (including phenoxy) is 2. The molecule has 0 saturated carbocycles. The highest BCUT2D eigenvalue weighted by Gasteiger charge is 2.33. The van der Waals surface area contributed by atoms with Crippen molar-refractivity contribution in [3.8, 4) is 5.75 Å². The van der Waals surface area contributed by atoms with Crippen molar-refractivity contribution in [3.63, 3.8) is 0 Å². The molecule has 120 valence electrons. The summed E-state index contributed by atoms with van der Waals surface area (Å²) in [5.41, 5.74) is -0.624. The van der Waals surface area contributed by atoms with Gasteiger partial charge in [0.15, 0.2) is 5.82 Å². The molecule has 1 aliphatic rings. The minimum absolute atomic E-state index is 0.0565. The standard InChI is InChI=1S/C15H19FN2O4/c1-15(2,3)22-14(20)17-10-8-21-11-7-5-6-9(16)12(11)18(4)13(10)19/h5-7,10H,8H2,1-4H3,(H,17,20)/t10-/m0/s1. The third-order valence-corrected chi connectivity index (χ3v) is 3.01. The van der Waals surface area contributed by atoms with E-state index in [1.807, 2.05) is 0 Å². The van der Waals surface area contributed by atoms with E-state index in [9.17, 15) is 14.0 Å². The zero-order chi connectivity index (χ0) is 16.5. The van der Waals surface area contributed by atoms with E-state index in [0.29, 0.717) is 0 Å². The van der Waals surface area contributed by atoms with Crippen LogP contribution in [0.15, 0.2) is 18.2 Å². The zero-order valence-corrected chi connectivity index (χ0v) is 13.0. The first-order valence-corrected chi connectivity index (χ1v) is 6.87. The number of rotatable bonds is 1. The van der Waals surface area contributed by atoms with Crippen LogP contribution in [0.4, 0.5) is 14.9 Å². The number of benzene rings is 1. The number of hydrogen-bond donors (Lipinski definition) is 1. The summed E-state index contributed by atoms with van der Waals surface area (Å²) in [5.74, 6) is -0.787. The lowest BCUT2D eigenvalue weighted by Gasteiger charge is -2.23. The molecule has 1 aliphatic heterocycles. The second kappa shape index (κ2) is 5.82. The Labute approximate surface area is 128 Å². The molecule has 22 heavy (non-hydrogen) atoms. The van der Waals surface area contributed by atoms with E-state index in [0.717, 1.165) is 4.90 Å². The number of halogens is 1. The zero-order valence-electron chi connectivity index (χ0n) is 13.0. The first-order valence-electron chi connectivity index (χ1n) is 6.87. The van der Waals surface area contributed by atoms with Crippen LogP contribution < -0.4 is 15.0 Å². The molecule has 0 radical (unpaired) electrons. The Bertz CT molecular complexity index is 598. The molecule has 2 rings (SSSR count). The number of amides is 2. The van der Waals surface area contributed by atoms with E-state index in [1.54, 1.807) is 26.8 Å². The lowest BCUT2D eigenvalue weighted by atomic mass is 10.2. The van der Waals surface area contributed by atoms with E-state index >= 15 is 0 Å². The first-order chi connectivity index (χ1) is 10.2. The van der Waals surface area contributed by atoms with Crippen LogP contribution in [-0.4, -0.2) is 37.3 Å². The van der Waals surface area contributed by atoms with Crippen molar-refractivity contribution in [3.05, 3.63) is 24.0 Å². The van der Waals surface area contributed by atoms with Gasteiger partial charge in [-0.3, -0.25) is 4.79 Å². The van der Waals surface area contributed by atoms with Crippen molar-refractivity contribution in [2.45, 2.75) is 32.4 Å². The molecule has 1 aromatic carbocycles. The minimum atomic E-state index is -0.952. The summed E-state index contributed by atoms with van der Waals surface area (Å²) in [6, 6.07) is 3.35. The maximum absolute atomic E-state index is 13.9. The fraction of sp³-hybridized carbons (Fsp3) is 0.467. The number of fused-ring (bicyclic) bond motifs is 1. The summed E-state index contributed by atoms with van der Waals surface area (Å²) in [6.45, 7) is 5.05. The molecule has 0 unspecified atom stereocenters. The van der Waals surface area contributed by atoms with Crippen LogP contribution in [-0.2, 0) is 9.53 Å². The van der Waals surface area contributed by atoms with Gasteiger partial charge in [-0.1, -0.05) is 6.07 Å². The van der Waals surface area contributed by atoms with Crippen molar-refractivity contribution in [2.75, 3.05) is 18.6 Å². The largest absolute Gasteiger partial charge is 0.489 e. The molecule has 7 heteroatoms. The molecule has 1 N–H and O–H groups in total. The van der Waals surface area contributed by atoms with Crippen molar-refractivity contribution >= 4 is 17.7 Å². The molecule has 1 aromatic rings. The fourth-order valence-electron chi connectivity index (χ4n) is 2.08. The van der Waals surface area contributed by atoms with Gasteiger partial charge in [-0.25, -0.2) is 9.18 Å². The molecule has 1 atom stereocenters. The summed E-state index contributed by atoms with van der Waals surface area (Å²) in [7, 11) is 1.43. The quantitative estimate of drug-likeness (QED) is 0.862. The van der Waals surface area contributed by atoms with Crippen LogP contribution in [0.25, 0.3) is 0 Å². The highest BCUT2D eigenvalue weighted by atomic mass is 19.1. The topological polar surface area (TPSA) is 67.9 Å². The Hall–Kier alpha value is -2.31. The smallest absolute Gasteiger partial charge is 0.408 e. The van der Waals surface area contributed by atoms with Gasteiger partial charge in [0.25, 0.3) is 5.91 Å². The maximum atomic E-state index is 13.9. The second-order valence-electron chi connectivity index (χ2n) is 5.99. The van der Waals surface area contributed by atoms with Crippen LogP contribution in [0.2, 0.25) is 0 Å². The molecule has 1 heterocycles. The van der Waals surface area contributed by atoms with E-state index in [4.69, 9.17) is 9.47 Å². The van der Waals surface area contributed by atoms with E-state index in [1.165, 1.54) is 19.2 Å². The number of nitrogens with one attached hydrogen (secondary N) is 1. The lowest BCUT2D eigenvalue weighted by molar-refractivity contribution is -0.120. The predicted octanol–water partition coefficient (Wildman–Crippen LogP) is 2.07. The van der Waals surface area contributed by atoms with E-state index in [2.05, 4.69) is 5.32 Å². The number of anilines is 1. The molecule has 6 nitrogen and oxygen atoms in total. The summed E-state index contributed by atoms with van der Waals surface area (Å²) in [4.78, 5) is 25.3. The van der Waals surface area contributed by atoms with Gasteiger partial charge in [-0.2, -0.15) is 0 Å². The maximum Gasteiger partial charge on any atom is 0.408 e. The Morgan fingerprint density at radius 3 is 2.77 bits per heavy atom. The Morgan fingerprint density at radius 1 is 1.45 bits per heavy atom. The lowest BCUT2D eigenvalue weighted by Crippen LogP contribution is -2.50. The number of alkyl carbamates (subject to hydrolysis) is 1. The highest BCUT2D eigenvalue weighted by Crippen LogP contribution is 2.32. The number of likely N-dealkylation sites (N-methyl/N-ethyl adjacent to an activating group) is 1. The van der Waals surface area contributed by atoms with Gasteiger partial charge < -0.3 is 19.7 Å². The van der Waals surface area contributed by atoms with Crippen LogP contribution in [0.3, 0.4) is 0 Å². The predicted molar refractivity (Wildman–Crippen MR) is 78.5 cm³/mol. The van der Waals surface area contributed by atoms with Gasteiger partial charge in [0.2, 0.25) is 0 Å². The number of carbonyl (C=O) groups is 2. The number of para-hydroxylation sites is 1. The molecule has 0 aliphatic carbocycles.